The zero-order valence-corrected chi connectivity index (χ0v) is 15.5. The second kappa shape index (κ2) is 8.33. The smallest absolute Gasteiger partial charge is 0.0991 e. The molecule has 0 bridgehead atoms. The zero-order chi connectivity index (χ0) is 17.8. The molecule has 2 saturated heterocycles. The summed E-state index contributed by atoms with van der Waals surface area (Å²) in [5.41, 5.74) is 2.48. The van der Waals surface area contributed by atoms with Crippen LogP contribution in [-0.4, -0.2) is 63.8 Å². The van der Waals surface area contributed by atoms with Crippen molar-refractivity contribution in [2.75, 3.05) is 39.3 Å². The van der Waals surface area contributed by atoms with Gasteiger partial charge in [-0.2, -0.15) is 0 Å². The van der Waals surface area contributed by atoms with Crippen molar-refractivity contribution in [2.24, 2.45) is 11.8 Å². The van der Waals surface area contributed by atoms with Crippen molar-refractivity contribution in [2.45, 2.75) is 25.8 Å². The Kier molecular flexibility index (Phi) is 5.68. The van der Waals surface area contributed by atoms with E-state index in [0.29, 0.717) is 18.4 Å². The van der Waals surface area contributed by atoms with Crippen molar-refractivity contribution in [1.29, 1.82) is 0 Å². The lowest BCUT2D eigenvalue weighted by Gasteiger charge is -2.30. The second-order valence-electron chi connectivity index (χ2n) is 7.89. The van der Waals surface area contributed by atoms with E-state index in [-0.39, 0.29) is 0 Å². The van der Waals surface area contributed by atoms with Crippen LogP contribution in [0.1, 0.15) is 24.8 Å². The quantitative estimate of drug-likeness (QED) is 0.865. The summed E-state index contributed by atoms with van der Waals surface area (Å²) in [6.45, 7) is 7.03. The molecule has 2 atom stereocenters. The molecule has 2 fully saturated rings. The fourth-order valence-corrected chi connectivity index (χ4v) is 4.50. The lowest BCUT2D eigenvalue weighted by Crippen LogP contribution is -2.37. The first-order valence-corrected chi connectivity index (χ1v) is 9.94. The van der Waals surface area contributed by atoms with E-state index in [1.165, 1.54) is 37.9 Å². The second-order valence-corrected chi connectivity index (χ2v) is 7.89. The Balaban J connectivity index is 1.34. The number of nitrogens with zero attached hydrogens (tertiary/aromatic N) is 4. The van der Waals surface area contributed by atoms with Crippen molar-refractivity contribution in [3.8, 4) is 5.69 Å². The van der Waals surface area contributed by atoms with Gasteiger partial charge in [0.1, 0.15) is 0 Å². The number of rotatable bonds is 6. The van der Waals surface area contributed by atoms with Crippen LogP contribution in [-0.2, 0) is 6.54 Å². The Morgan fingerprint density at radius 2 is 1.73 bits per heavy atom. The highest BCUT2D eigenvalue weighted by Gasteiger charge is 2.33. The molecule has 26 heavy (non-hydrogen) atoms. The molecular formula is C21H30N4O. The number of piperidine rings is 1. The molecule has 1 aromatic heterocycles. The van der Waals surface area contributed by atoms with Gasteiger partial charge in [0.2, 0.25) is 0 Å². The lowest BCUT2D eigenvalue weighted by molar-refractivity contribution is 0.149. The normalized spacial score (nSPS) is 25.0. The molecule has 5 nitrogen and oxygen atoms in total. The first-order chi connectivity index (χ1) is 12.8. The fraction of sp³-hybridized carbons (Fsp3) is 0.571. The maximum absolute atomic E-state index is 9.84. The average molecular weight is 354 g/mol. The topological polar surface area (TPSA) is 44.5 Å². The van der Waals surface area contributed by atoms with Gasteiger partial charge >= 0.3 is 0 Å². The van der Waals surface area contributed by atoms with E-state index in [1.54, 1.807) is 6.20 Å². The van der Waals surface area contributed by atoms with E-state index in [1.807, 2.05) is 17.1 Å². The Hall–Kier alpha value is -1.69. The Labute approximate surface area is 156 Å². The molecule has 0 radical (unpaired) electrons. The van der Waals surface area contributed by atoms with Crippen molar-refractivity contribution >= 4 is 0 Å². The first-order valence-electron chi connectivity index (χ1n) is 9.94. The van der Waals surface area contributed by atoms with Crippen LogP contribution in [0.15, 0.2) is 43.0 Å². The van der Waals surface area contributed by atoms with Crippen molar-refractivity contribution in [3.05, 3.63) is 48.5 Å². The zero-order valence-electron chi connectivity index (χ0n) is 15.5. The Morgan fingerprint density at radius 3 is 2.42 bits per heavy atom. The van der Waals surface area contributed by atoms with E-state index >= 15 is 0 Å². The van der Waals surface area contributed by atoms with E-state index < -0.39 is 0 Å². The molecule has 2 aliphatic heterocycles. The van der Waals surface area contributed by atoms with Crippen molar-refractivity contribution < 1.29 is 5.11 Å². The average Bonchev–Trinajstić information content (AvgIpc) is 3.33. The van der Waals surface area contributed by atoms with Gasteiger partial charge in [0.05, 0.1) is 6.33 Å². The number of aliphatic hydroxyl groups excluding tert-OH is 1. The molecular weight excluding hydrogens is 324 g/mol. The summed E-state index contributed by atoms with van der Waals surface area (Å²) >= 11 is 0. The summed E-state index contributed by atoms with van der Waals surface area (Å²) in [6.07, 6.45) is 9.65. The minimum Gasteiger partial charge on any atom is -0.396 e. The highest BCUT2D eigenvalue weighted by atomic mass is 16.3. The number of aromatic nitrogens is 2. The minimum atomic E-state index is 0.314. The van der Waals surface area contributed by atoms with Crippen molar-refractivity contribution in [3.63, 3.8) is 0 Å². The number of imidazole rings is 1. The summed E-state index contributed by atoms with van der Waals surface area (Å²) < 4.78 is 2.02. The molecule has 5 heteroatoms. The molecule has 0 aliphatic carbocycles. The molecule has 140 valence electrons. The largest absolute Gasteiger partial charge is 0.396 e. The summed E-state index contributed by atoms with van der Waals surface area (Å²) in [6, 6.07) is 8.73. The molecule has 3 heterocycles. The van der Waals surface area contributed by atoms with Gasteiger partial charge < -0.3 is 14.6 Å². The van der Waals surface area contributed by atoms with Gasteiger partial charge in [0, 0.05) is 50.9 Å². The highest BCUT2D eigenvalue weighted by molar-refractivity contribution is 5.34. The summed E-state index contributed by atoms with van der Waals surface area (Å²) in [5, 5.41) is 9.84. The van der Waals surface area contributed by atoms with Gasteiger partial charge in [0.15, 0.2) is 0 Å². The molecule has 0 spiro atoms. The van der Waals surface area contributed by atoms with E-state index in [2.05, 4.69) is 39.0 Å². The third-order valence-corrected chi connectivity index (χ3v) is 5.97. The van der Waals surface area contributed by atoms with Crippen LogP contribution >= 0.6 is 0 Å². The standard InChI is InChI=1S/C21H30N4O/c26-16-20-15-24(14-19(20)13-23-9-2-1-3-10-23)12-18-4-6-21(7-5-18)25-11-8-22-17-25/h4-8,11,17,19-20,26H,1-3,9-10,12-16H2/t19-,20-/m1/s1. The molecule has 1 N–H and O–H groups in total. The van der Waals surface area contributed by atoms with Gasteiger partial charge in [-0.25, -0.2) is 4.98 Å². The number of aliphatic hydroxyl groups is 1. The minimum absolute atomic E-state index is 0.314. The van der Waals surface area contributed by atoms with Crippen LogP contribution < -0.4 is 0 Å². The van der Waals surface area contributed by atoms with Gasteiger partial charge in [-0.15, -0.1) is 0 Å². The van der Waals surface area contributed by atoms with Gasteiger partial charge in [-0.05, 0) is 55.5 Å². The molecule has 0 unspecified atom stereocenters. The van der Waals surface area contributed by atoms with Crippen LogP contribution in [0, 0.1) is 11.8 Å². The third-order valence-electron chi connectivity index (χ3n) is 5.97. The molecule has 1 aromatic carbocycles. The van der Waals surface area contributed by atoms with E-state index in [9.17, 15) is 5.11 Å². The Bertz CT molecular complexity index is 664. The monoisotopic (exact) mass is 354 g/mol. The fourth-order valence-electron chi connectivity index (χ4n) is 4.50. The van der Waals surface area contributed by atoms with Crippen LogP contribution in [0.4, 0.5) is 0 Å². The third kappa shape index (κ3) is 4.17. The van der Waals surface area contributed by atoms with Crippen LogP contribution in [0.5, 0.6) is 0 Å². The molecule has 0 saturated carbocycles. The van der Waals surface area contributed by atoms with Crippen LogP contribution in [0.2, 0.25) is 0 Å². The maximum atomic E-state index is 9.84. The van der Waals surface area contributed by atoms with Gasteiger partial charge in [-0.1, -0.05) is 18.6 Å². The number of likely N-dealkylation sites (tertiary alicyclic amines) is 2. The lowest BCUT2D eigenvalue weighted by atomic mass is 9.95. The highest BCUT2D eigenvalue weighted by Crippen LogP contribution is 2.26. The number of hydrogen-bond acceptors (Lipinski definition) is 4. The maximum Gasteiger partial charge on any atom is 0.0991 e. The Morgan fingerprint density at radius 1 is 0.962 bits per heavy atom. The SMILES string of the molecule is OC[C@H]1CN(Cc2ccc(-n3ccnc3)cc2)C[C@H]1CN1CCCCC1. The molecule has 2 aromatic rings. The van der Waals surface area contributed by atoms with Gasteiger partial charge in [-0.3, -0.25) is 4.90 Å². The molecule has 0 amide bonds. The van der Waals surface area contributed by atoms with E-state index in [4.69, 9.17) is 0 Å². The summed E-state index contributed by atoms with van der Waals surface area (Å²) in [7, 11) is 0. The summed E-state index contributed by atoms with van der Waals surface area (Å²) in [5.74, 6) is 1.02. The van der Waals surface area contributed by atoms with Crippen molar-refractivity contribution in [1.82, 2.24) is 19.4 Å². The molecule has 2 aliphatic rings. The summed E-state index contributed by atoms with van der Waals surface area (Å²) in [4.78, 5) is 9.23. The molecule has 4 rings (SSSR count). The van der Waals surface area contributed by atoms with Crippen LogP contribution in [0.3, 0.4) is 0 Å². The number of hydrogen-bond donors (Lipinski definition) is 1. The predicted molar refractivity (Wildman–Crippen MR) is 103 cm³/mol. The predicted octanol–water partition coefficient (Wildman–Crippen LogP) is 2.40. The van der Waals surface area contributed by atoms with E-state index in [0.717, 1.165) is 31.9 Å². The van der Waals surface area contributed by atoms with Crippen LogP contribution in [0.25, 0.3) is 5.69 Å². The number of benzene rings is 1. The van der Waals surface area contributed by atoms with Gasteiger partial charge in [0.25, 0.3) is 0 Å². The first kappa shape index (κ1) is 17.7.